The van der Waals surface area contributed by atoms with Crippen molar-refractivity contribution < 1.29 is 9.13 Å². The Morgan fingerprint density at radius 1 is 1.50 bits per heavy atom. The van der Waals surface area contributed by atoms with E-state index >= 15 is 0 Å². The highest BCUT2D eigenvalue weighted by Crippen LogP contribution is 2.29. The molecule has 0 unspecified atom stereocenters. The van der Waals surface area contributed by atoms with Gasteiger partial charge in [0.25, 0.3) is 0 Å². The molecule has 90 valence electrons. The third-order valence-electron chi connectivity index (χ3n) is 2.41. The molecule has 0 aliphatic heterocycles. The van der Waals surface area contributed by atoms with E-state index in [-0.39, 0.29) is 5.82 Å². The van der Waals surface area contributed by atoms with Crippen LogP contribution < -0.4 is 20.7 Å². The van der Waals surface area contributed by atoms with Gasteiger partial charge in [0.1, 0.15) is 11.6 Å². The van der Waals surface area contributed by atoms with E-state index < -0.39 is 0 Å². The van der Waals surface area contributed by atoms with E-state index in [0.29, 0.717) is 23.7 Å². The van der Waals surface area contributed by atoms with Crippen molar-refractivity contribution in [3.63, 3.8) is 0 Å². The van der Waals surface area contributed by atoms with Crippen molar-refractivity contribution in [2.24, 2.45) is 0 Å². The molecule has 1 aromatic carbocycles. The highest BCUT2D eigenvalue weighted by atomic mass is 19.1. The summed E-state index contributed by atoms with van der Waals surface area (Å²) in [4.78, 5) is 1.81. The predicted molar refractivity (Wildman–Crippen MR) is 64.6 cm³/mol. The van der Waals surface area contributed by atoms with Gasteiger partial charge in [-0.3, -0.25) is 0 Å². The lowest BCUT2D eigenvalue weighted by atomic mass is 10.2. The lowest BCUT2D eigenvalue weighted by Gasteiger charge is -2.21. The molecule has 0 fully saturated rings. The molecule has 1 aromatic rings. The fourth-order valence-electron chi connectivity index (χ4n) is 1.43. The van der Waals surface area contributed by atoms with E-state index in [1.54, 1.807) is 6.07 Å². The molecule has 0 saturated heterocycles. The number of methoxy groups -OCH3 is 1. The van der Waals surface area contributed by atoms with Gasteiger partial charge in [-0.25, -0.2) is 4.39 Å². The van der Waals surface area contributed by atoms with E-state index in [1.165, 1.54) is 13.2 Å². The number of anilines is 2. The zero-order valence-corrected chi connectivity index (χ0v) is 9.88. The topological polar surface area (TPSA) is 50.5 Å². The molecule has 0 spiro atoms. The van der Waals surface area contributed by atoms with Gasteiger partial charge in [0.05, 0.1) is 18.5 Å². The number of hydrogen-bond donors (Lipinski definition) is 2. The normalized spacial score (nSPS) is 10.2. The zero-order valence-electron chi connectivity index (χ0n) is 9.88. The molecule has 3 N–H and O–H groups in total. The summed E-state index contributed by atoms with van der Waals surface area (Å²) in [6.07, 6.45) is 0. The van der Waals surface area contributed by atoms with Gasteiger partial charge in [0.15, 0.2) is 0 Å². The summed E-state index contributed by atoms with van der Waals surface area (Å²) in [5.74, 6) is 0.157. The fraction of sp³-hybridized carbons (Fsp3) is 0.455. The first-order chi connectivity index (χ1) is 7.60. The molecule has 0 aromatic heterocycles. The van der Waals surface area contributed by atoms with Crippen molar-refractivity contribution >= 4 is 11.4 Å². The van der Waals surface area contributed by atoms with Crippen LogP contribution in [0.2, 0.25) is 0 Å². The smallest absolute Gasteiger partial charge is 0.148 e. The second-order valence-corrected chi connectivity index (χ2v) is 3.57. The van der Waals surface area contributed by atoms with Gasteiger partial charge in [-0.15, -0.1) is 0 Å². The largest absolute Gasteiger partial charge is 0.495 e. The van der Waals surface area contributed by atoms with Gasteiger partial charge in [0.2, 0.25) is 0 Å². The summed E-state index contributed by atoms with van der Waals surface area (Å²) < 4.78 is 18.7. The van der Waals surface area contributed by atoms with Crippen LogP contribution in [0.4, 0.5) is 15.8 Å². The van der Waals surface area contributed by atoms with Crippen LogP contribution in [-0.4, -0.2) is 34.3 Å². The highest BCUT2D eigenvalue weighted by molar-refractivity contribution is 5.63. The van der Waals surface area contributed by atoms with Crippen molar-refractivity contribution in [1.29, 1.82) is 0 Å². The summed E-state index contributed by atoms with van der Waals surface area (Å²) in [7, 11) is 5.19. The monoisotopic (exact) mass is 227 g/mol. The maximum Gasteiger partial charge on any atom is 0.148 e. The Balaban J connectivity index is 2.94. The van der Waals surface area contributed by atoms with Gasteiger partial charge in [-0.2, -0.15) is 0 Å². The number of hydrogen-bond acceptors (Lipinski definition) is 4. The van der Waals surface area contributed by atoms with Crippen LogP contribution in [0.5, 0.6) is 5.75 Å². The van der Waals surface area contributed by atoms with Gasteiger partial charge in [-0.05, 0) is 7.05 Å². The van der Waals surface area contributed by atoms with Crippen LogP contribution in [-0.2, 0) is 0 Å². The molecule has 0 bridgehead atoms. The summed E-state index contributed by atoms with van der Waals surface area (Å²) in [5.41, 5.74) is 6.40. The van der Waals surface area contributed by atoms with Crippen LogP contribution in [0.15, 0.2) is 12.1 Å². The second-order valence-electron chi connectivity index (χ2n) is 3.57. The van der Waals surface area contributed by atoms with Gasteiger partial charge in [0, 0.05) is 32.3 Å². The Morgan fingerprint density at radius 3 is 2.75 bits per heavy atom. The van der Waals surface area contributed by atoms with Gasteiger partial charge in [-0.1, -0.05) is 0 Å². The Kier molecular flexibility index (Phi) is 4.37. The summed E-state index contributed by atoms with van der Waals surface area (Å²) in [5, 5.41) is 3.01. The SMILES string of the molecule is CNCCN(C)c1cc(OC)c(N)cc1F. The number of rotatable bonds is 5. The minimum atomic E-state index is -0.336. The Morgan fingerprint density at radius 2 is 2.19 bits per heavy atom. The van der Waals surface area contributed by atoms with Crippen molar-refractivity contribution in [1.82, 2.24) is 5.32 Å². The maximum atomic E-state index is 13.6. The first-order valence-electron chi connectivity index (χ1n) is 5.09. The number of likely N-dealkylation sites (N-methyl/N-ethyl adjacent to an activating group) is 2. The number of nitrogens with one attached hydrogen (secondary N) is 1. The lowest BCUT2D eigenvalue weighted by molar-refractivity contribution is 0.416. The van der Waals surface area contributed by atoms with E-state index in [1.807, 2.05) is 19.0 Å². The number of ether oxygens (including phenoxy) is 1. The highest BCUT2D eigenvalue weighted by Gasteiger charge is 2.11. The second kappa shape index (κ2) is 5.55. The average Bonchev–Trinajstić information content (AvgIpc) is 2.26. The van der Waals surface area contributed by atoms with Crippen molar-refractivity contribution in [3.05, 3.63) is 17.9 Å². The first kappa shape index (κ1) is 12.6. The quantitative estimate of drug-likeness (QED) is 0.739. The van der Waals surface area contributed by atoms with E-state index in [9.17, 15) is 4.39 Å². The molecule has 0 radical (unpaired) electrons. The van der Waals surface area contributed by atoms with Crippen LogP contribution >= 0.6 is 0 Å². The molecule has 0 amide bonds. The summed E-state index contributed by atoms with van der Waals surface area (Å²) in [6, 6.07) is 2.89. The van der Waals surface area contributed by atoms with E-state index in [0.717, 1.165) is 6.54 Å². The number of nitrogens with two attached hydrogens (primary N) is 1. The fourth-order valence-corrected chi connectivity index (χ4v) is 1.43. The van der Waals surface area contributed by atoms with E-state index in [2.05, 4.69) is 5.32 Å². The standard InChI is InChI=1S/C11H18FN3O/c1-14-4-5-15(2)10-7-11(16-3)9(13)6-8(10)12/h6-7,14H,4-5,13H2,1-3H3. The molecule has 5 heteroatoms. The Bertz CT molecular complexity index is 357. The van der Waals surface area contributed by atoms with Crippen LogP contribution in [0.3, 0.4) is 0 Å². The number of benzene rings is 1. The molecular formula is C11H18FN3O. The third-order valence-corrected chi connectivity index (χ3v) is 2.41. The number of nitrogens with zero attached hydrogens (tertiary/aromatic N) is 1. The Labute approximate surface area is 95.2 Å². The number of halogens is 1. The molecule has 0 heterocycles. The van der Waals surface area contributed by atoms with Gasteiger partial charge < -0.3 is 20.7 Å². The molecule has 4 nitrogen and oxygen atoms in total. The molecule has 0 saturated carbocycles. The molecule has 1 rings (SSSR count). The average molecular weight is 227 g/mol. The van der Waals surface area contributed by atoms with Crippen molar-refractivity contribution in [2.75, 3.05) is 44.9 Å². The van der Waals surface area contributed by atoms with Crippen LogP contribution in [0, 0.1) is 5.82 Å². The van der Waals surface area contributed by atoms with Gasteiger partial charge >= 0.3 is 0 Å². The molecule has 0 aliphatic rings. The first-order valence-corrected chi connectivity index (χ1v) is 5.09. The molecule has 16 heavy (non-hydrogen) atoms. The maximum absolute atomic E-state index is 13.6. The van der Waals surface area contributed by atoms with Crippen molar-refractivity contribution in [3.8, 4) is 5.75 Å². The minimum Gasteiger partial charge on any atom is -0.495 e. The molecule has 0 atom stereocenters. The minimum absolute atomic E-state index is 0.311. The summed E-state index contributed by atoms with van der Waals surface area (Å²) in [6.45, 7) is 1.49. The van der Waals surface area contributed by atoms with Crippen LogP contribution in [0.1, 0.15) is 0 Å². The summed E-state index contributed by atoms with van der Waals surface area (Å²) >= 11 is 0. The van der Waals surface area contributed by atoms with E-state index in [4.69, 9.17) is 10.5 Å². The van der Waals surface area contributed by atoms with Crippen LogP contribution in [0.25, 0.3) is 0 Å². The molecule has 0 aliphatic carbocycles. The zero-order chi connectivity index (χ0) is 12.1. The van der Waals surface area contributed by atoms with Crippen molar-refractivity contribution in [2.45, 2.75) is 0 Å². The molecular weight excluding hydrogens is 209 g/mol. The number of nitrogen functional groups attached to an aromatic ring is 1. The predicted octanol–water partition coefficient (Wildman–Crippen LogP) is 1.07. The Hall–Kier alpha value is -1.49. The lowest BCUT2D eigenvalue weighted by Crippen LogP contribution is -2.27. The third kappa shape index (κ3) is 2.76.